The second-order valence-electron chi connectivity index (χ2n) is 4.33. The highest BCUT2D eigenvalue weighted by atomic mass is 16.2. The molecule has 0 bridgehead atoms. The molecule has 5 heteroatoms. The minimum atomic E-state index is -0.226. The fourth-order valence-corrected chi connectivity index (χ4v) is 1.83. The van der Waals surface area contributed by atoms with Crippen molar-refractivity contribution in [3.8, 4) is 0 Å². The molecule has 0 aliphatic rings. The van der Waals surface area contributed by atoms with Crippen molar-refractivity contribution >= 4 is 17.3 Å². The molecule has 1 aromatic carbocycles. The predicted molar refractivity (Wildman–Crippen MR) is 75.0 cm³/mol. The summed E-state index contributed by atoms with van der Waals surface area (Å²) in [6.07, 6.45) is 3.08. The van der Waals surface area contributed by atoms with E-state index in [1.165, 1.54) is 0 Å². The third-order valence-corrected chi connectivity index (χ3v) is 2.76. The number of nitrogen functional groups attached to an aromatic ring is 1. The molecule has 100 valence electrons. The lowest BCUT2D eigenvalue weighted by atomic mass is 10.1. The molecule has 0 aliphatic heterocycles. The molecule has 0 saturated heterocycles. The Bertz CT molecular complexity index is 563. The van der Waals surface area contributed by atoms with Crippen LogP contribution in [0.4, 0.5) is 11.4 Å². The van der Waals surface area contributed by atoms with Crippen molar-refractivity contribution in [3.05, 3.63) is 47.8 Å². The Kier molecular flexibility index (Phi) is 4.20. The molecule has 19 heavy (non-hydrogen) atoms. The maximum Gasteiger partial charge on any atom is 0.272 e. The highest BCUT2D eigenvalue weighted by Crippen LogP contribution is 2.14. The lowest BCUT2D eigenvalue weighted by Crippen LogP contribution is -2.12. The summed E-state index contributed by atoms with van der Waals surface area (Å²) in [7, 11) is 0. The molecule has 1 heterocycles. The molecular weight excluding hydrogens is 242 g/mol. The highest BCUT2D eigenvalue weighted by Gasteiger charge is 2.08. The Morgan fingerprint density at radius 2 is 2.21 bits per heavy atom. The van der Waals surface area contributed by atoms with Crippen LogP contribution in [-0.2, 0) is 6.42 Å². The van der Waals surface area contributed by atoms with E-state index in [2.05, 4.69) is 10.3 Å². The van der Waals surface area contributed by atoms with Gasteiger partial charge in [0.1, 0.15) is 5.69 Å². The first kappa shape index (κ1) is 13.2. The SMILES string of the molecule is Nc1c[nH]c(C(=O)Nc2cccc(CCCO)c2)c1. The summed E-state index contributed by atoms with van der Waals surface area (Å²) < 4.78 is 0. The predicted octanol–water partition coefficient (Wildman–Crippen LogP) is 1.77. The third-order valence-electron chi connectivity index (χ3n) is 2.76. The van der Waals surface area contributed by atoms with Gasteiger partial charge in [-0.2, -0.15) is 0 Å². The minimum Gasteiger partial charge on any atom is -0.397 e. The second kappa shape index (κ2) is 6.06. The van der Waals surface area contributed by atoms with Crippen LogP contribution in [-0.4, -0.2) is 22.6 Å². The van der Waals surface area contributed by atoms with Crippen molar-refractivity contribution in [2.24, 2.45) is 0 Å². The molecule has 1 amide bonds. The largest absolute Gasteiger partial charge is 0.397 e. The van der Waals surface area contributed by atoms with Gasteiger partial charge in [0, 0.05) is 24.2 Å². The quantitative estimate of drug-likeness (QED) is 0.659. The van der Waals surface area contributed by atoms with E-state index in [0.29, 0.717) is 17.8 Å². The van der Waals surface area contributed by atoms with Gasteiger partial charge in [-0.25, -0.2) is 0 Å². The van der Waals surface area contributed by atoms with Gasteiger partial charge >= 0.3 is 0 Å². The number of rotatable bonds is 5. The van der Waals surface area contributed by atoms with Crippen molar-refractivity contribution in [2.45, 2.75) is 12.8 Å². The number of amides is 1. The average molecular weight is 259 g/mol. The van der Waals surface area contributed by atoms with Crippen molar-refractivity contribution in [2.75, 3.05) is 17.7 Å². The first-order chi connectivity index (χ1) is 9.19. The van der Waals surface area contributed by atoms with Gasteiger partial charge in [-0.1, -0.05) is 12.1 Å². The molecule has 0 spiro atoms. The van der Waals surface area contributed by atoms with E-state index >= 15 is 0 Å². The molecule has 1 aromatic heterocycles. The second-order valence-corrected chi connectivity index (χ2v) is 4.33. The zero-order chi connectivity index (χ0) is 13.7. The maximum absolute atomic E-state index is 11.9. The normalized spacial score (nSPS) is 10.4. The molecule has 0 aliphatic carbocycles. The number of hydrogen-bond acceptors (Lipinski definition) is 3. The summed E-state index contributed by atoms with van der Waals surface area (Å²) >= 11 is 0. The number of benzene rings is 1. The number of aryl methyl sites for hydroxylation is 1. The minimum absolute atomic E-state index is 0.165. The van der Waals surface area contributed by atoms with Crippen molar-refractivity contribution in [1.29, 1.82) is 0 Å². The van der Waals surface area contributed by atoms with Crippen molar-refractivity contribution in [3.63, 3.8) is 0 Å². The zero-order valence-corrected chi connectivity index (χ0v) is 10.5. The Hall–Kier alpha value is -2.27. The van der Waals surface area contributed by atoms with Crippen LogP contribution in [0.25, 0.3) is 0 Å². The number of aliphatic hydroxyl groups excluding tert-OH is 1. The van der Waals surface area contributed by atoms with E-state index in [0.717, 1.165) is 17.7 Å². The summed E-state index contributed by atoms with van der Waals surface area (Å²) in [6.45, 7) is 0.165. The summed E-state index contributed by atoms with van der Waals surface area (Å²) in [6, 6.07) is 9.17. The first-order valence-corrected chi connectivity index (χ1v) is 6.14. The van der Waals surface area contributed by atoms with Gasteiger partial charge in [0.25, 0.3) is 5.91 Å². The Labute approximate surface area is 111 Å². The molecule has 2 rings (SSSR count). The number of anilines is 2. The van der Waals surface area contributed by atoms with Crippen LogP contribution in [0.1, 0.15) is 22.5 Å². The number of hydrogen-bond donors (Lipinski definition) is 4. The summed E-state index contributed by atoms with van der Waals surface area (Å²) in [4.78, 5) is 14.7. The number of aromatic nitrogens is 1. The fraction of sp³-hybridized carbons (Fsp3) is 0.214. The molecule has 0 atom stereocenters. The number of nitrogens with one attached hydrogen (secondary N) is 2. The van der Waals surface area contributed by atoms with Crippen LogP contribution >= 0.6 is 0 Å². The average Bonchev–Trinajstić information content (AvgIpc) is 2.83. The number of carbonyl (C=O) groups excluding carboxylic acids is 1. The third kappa shape index (κ3) is 3.59. The fourth-order valence-electron chi connectivity index (χ4n) is 1.83. The van der Waals surface area contributed by atoms with E-state index < -0.39 is 0 Å². The molecule has 2 aromatic rings. The zero-order valence-electron chi connectivity index (χ0n) is 10.5. The lowest BCUT2D eigenvalue weighted by Gasteiger charge is -2.06. The van der Waals surface area contributed by atoms with Crippen LogP contribution in [0.2, 0.25) is 0 Å². The topological polar surface area (TPSA) is 91.1 Å². The van der Waals surface area contributed by atoms with Crippen LogP contribution in [0.5, 0.6) is 0 Å². The number of aliphatic hydroxyl groups is 1. The van der Waals surface area contributed by atoms with Gasteiger partial charge in [-0.15, -0.1) is 0 Å². The van der Waals surface area contributed by atoms with Crippen LogP contribution in [0.15, 0.2) is 36.5 Å². The maximum atomic E-state index is 11.9. The smallest absolute Gasteiger partial charge is 0.272 e. The Balaban J connectivity index is 2.04. The van der Waals surface area contributed by atoms with Crippen LogP contribution in [0, 0.1) is 0 Å². The van der Waals surface area contributed by atoms with E-state index in [-0.39, 0.29) is 12.5 Å². The summed E-state index contributed by atoms with van der Waals surface area (Å²) in [5, 5.41) is 11.6. The Morgan fingerprint density at radius 3 is 2.89 bits per heavy atom. The van der Waals surface area contributed by atoms with E-state index in [9.17, 15) is 4.79 Å². The van der Waals surface area contributed by atoms with E-state index in [1.54, 1.807) is 12.3 Å². The molecule has 5 N–H and O–H groups in total. The monoisotopic (exact) mass is 259 g/mol. The molecule has 0 saturated carbocycles. The molecule has 0 unspecified atom stereocenters. The number of carbonyl (C=O) groups is 1. The van der Waals surface area contributed by atoms with Gasteiger partial charge in [0.15, 0.2) is 0 Å². The number of aromatic amines is 1. The van der Waals surface area contributed by atoms with Gasteiger partial charge in [0.2, 0.25) is 0 Å². The Morgan fingerprint density at radius 1 is 1.37 bits per heavy atom. The van der Waals surface area contributed by atoms with E-state index in [4.69, 9.17) is 10.8 Å². The first-order valence-electron chi connectivity index (χ1n) is 6.14. The summed E-state index contributed by atoms with van der Waals surface area (Å²) in [5.74, 6) is -0.226. The standard InChI is InChI=1S/C14H17N3O2/c15-11-8-13(16-9-11)14(19)17-12-5-1-3-10(7-12)4-2-6-18/h1,3,5,7-9,16,18H,2,4,6,15H2,(H,17,19). The van der Waals surface area contributed by atoms with Gasteiger partial charge < -0.3 is 21.1 Å². The van der Waals surface area contributed by atoms with E-state index in [1.807, 2.05) is 24.3 Å². The van der Waals surface area contributed by atoms with Crippen LogP contribution < -0.4 is 11.1 Å². The molecule has 0 fully saturated rings. The van der Waals surface area contributed by atoms with Crippen LogP contribution in [0.3, 0.4) is 0 Å². The van der Waals surface area contributed by atoms with Crippen molar-refractivity contribution in [1.82, 2.24) is 4.98 Å². The number of H-pyrrole nitrogens is 1. The molecular formula is C14H17N3O2. The highest BCUT2D eigenvalue weighted by molar-refractivity contribution is 6.03. The molecule has 0 radical (unpaired) electrons. The van der Waals surface area contributed by atoms with Gasteiger partial charge in [-0.3, -0.25) is 4.79 Å². The van der Waals surface area contributed by atoms with Crippen molar-refractivity contribution < 1.29 is 9.90 Å². The van der Waals surface area contributed by atoms with Gasteiger partial charge in [0.05, 0.1) is 0 Å². The van der Waals surface area contributed by atoms with Gasteiger partial charge in [-0.05, 0) is 36.6 Å². The lowest BCUT2D eigenvalue weighted by molar-refractivity contribution is 0.102. The summed E-state index contributed by atoms with van der Waals surface area (Å²) in [5.41, 5.74) is 8.32. The molecule has 5 nitrogen and oxygen atoms in total. The number of nitrogens with two attached hydrogens (primary N) is 1.